The third-order valence-corrected chi connectivity index (χ3v) is 4.61. The summed E-state index contributed by atoms with van der Waals surface area (Å²) in [6.07, 6.45) is -3.28. The summed E-state index contributed by atoms with van der Waals surface area (Å²) in [6, 6.07) is 13.3. The molecule has 0 unspecified atom stereocenters. The van der Waals surface area contributed by atoms with E-state index >= 15 is 0 Å². The maximum absolute atomic E-state index is 13.2. The van der Waals surface area contributed by atoms with Crippen molar-refractivity contribution in [1.29, 1.82) is 0 Å². The average molecular weight is 407 g/mol. The molecule has 0 bridgehead atoms. The molecule has 0 radical (unpaired) electrons. The minimum absolute atomic E-state index is 0.0138. The highest BCUT2D eigenvalue weighted by Crippen LogP contribution is 2.32. The lowest BCUT2D eigenvalue weighted by Crippen LogP contribution is -2.27. The first kappa shape index (κ1) is 19.9. The van der Waals surface area contributed by atoms with Crippen LogP contribution < -0.4 is 0 Å². The third kappa shape index (κ3) is 5.13. The number of furan rings is 1. The summed E-state index contributed by atoms with van der Waals surface area (Å²) in [7, 11) is 1.64. The van der Waals surface area contributed by atoms with Crippen molar-refractivity contribution < 1.29 is 22.4 Å². The van der Waals surface area contributed by atoms with Gasteiger partial charge in [-0.15, -0.1) is 0 Å². The molecule has 0 aliphatic heterocycles. The Morgan fingerprint density at radius 2 is 1.89 bits per heavy atom. The van der Waals surface area contributed by atoms with Crippen LogP contribution in [0.15, 0.2) is 64.4 Å². The second-order valence-electron chi connectivity index (χ2n) is 5.92. The van der Waals surface area contributed by atoms with Gasteiger partial charge < -0.3 is 9.32 Å². The highest BCUT2D eigenvalue weighted by molar-refractivity contribution is 7.99. The minimum Gasteiger partial charge on any atom is -0.463 e. The van der Waals surface area contributed by atoms with Crippen LogP contribution in [0.5, 0.6) is 0 Å². The van der Waals surface area contributed by atoms with Crippen molar-refractivity contribution in [3.8, 4) is 11.5 Å². The smallest absolute Gasteiger partial charge is 0.433 e. The number of rotatable bonds is 6. The monoisotopic (exact) mass is 407 g/mol. The van der Waals surface area contributed by atoms with E-state index in [1.165, 1.54) is 17.2 Å². The van der Waals surface area contributed by atoms with Gasteiger partial charge in [-0.05, 0) is 23.8 Å². The molecule has 28 heavy (non-hydrogen) atoms. The zero-order chi connectivity index (χ0) is 20.1. The highest BCUT2D eigenvalue weighted by Gasteiger charge is 2.34. The van der Waals surface area contributed by atoms with E-state index in [-0.39, 0.29) is 28.3 Å². The van der Waals surface area contributed by atoms with E-state index in [1.807, 2.05) is 30.3 Å². The van der Waals surface area contributed by atoms with Crippen LogP contribution in [0.1, 0.15) is 11.3 Å². The number of carbonyl (C=O) groups excluding carboxylic acids is 1. The molecular weight excluding hydrogens is 391 g/mol. The average Bonchev–Trinajstić information content (AvgIpc) is 3.21. The second kappa shape index (κ2) is 8.47. The molecule has 2 heterocycles. The molecule has 3 rings (SSSR count). The van der Waals surface area contributed by atoms with Crippen molar-refractivity contribution in [2.75, 3.05) is 12.8 Å². The van der Waals surface area contributed by atoms with Crippen molar-refractivity contribution in [3.63, 3.8) is 0 Å². The van der Waals surface area contributed by atoms with Gasteiger partial charge in [0.2, 0.25) is 5.91 Å². The molecule has 9 heteroatoms. The standard InChI is InChI=1S/C19H16F3N3O2S/c1-25(11-13-6-3-2-4-7-13)17(26)12-28-18-23-14(15-8-5-9-27-15)10-16(24-18)19(20,21)22/h2-10H,11-12H2,1H3. The summed E-state index contributed by atoms with van der Waals surface area (Å²) < 4.78 is 44.6. The molecule has 0 aliphatic carbocycles. The van der Waals surface area contributed by atoms with Gasteiger partial charge in [0.05, 0.1) is 12.0 Å². The molecule has 0 aliphatic rings. The summed E-state index contributed by atoms with van der Waals surface area (Å²) >= 11 is 0.854. The zero-order valence-corrected chi connectivity index (χ0v) is 15.6. The summed E-state index contributed by atoms with van der Waals surface area (Å²) in [5, 5.41) is -0.136. The van der Waals surface area contributed by atoms with Gasteiger partial charge in [0.1, 0.15) is 11.4 Å². The quantitative estimate of drug-likeness (QED) is 0.445. The Balaban J connectivity index is 1.72. The number of amides is 1. The van der Waals surface area contributed by atoms with Crippen LogP contribution in [0.3, 0.4) is 0 Å². The van der Waals surface area contributed by atoms with Crippen LogP contribution >= 0.6 is 11.8 Å². The molecule has 0 saturated heterocycles. The van der Waals surface area contributed by atoms with E-state index in [9.17, 15) is 18.0 Å². The topological polar surface area (TPSA) is 59.2 Å². The summed E-state index contributed by atoms with van der Waals surface area (Å²) in [5.41, 5.74) is -0.111. The van der Waals surface area contributed by atoms with Crippen LogP contribution in [-0.2, 0) is 17.5 Å². The van der Waals surface area contributed by atoms with Gasteiger partial charge in [0, 0.05) is 13.6 Å². The van der Waals surface area contributed by atoms with Crippen molar-refractivity contribution >= 4 is 17.7 Å². The van der Waals surface area contributed by atoms with E-state index in [0.29, 0.717) is 6.54 Å². The number of hydrogen-bond acceptors (Lipinski definition) is 5. The van der Waals surface area contributed by atoms with Crippen LogP contribution in [0.2, 0.25) is 0 Å². The first-order valence-corrected chi connectivity index (χ1v) is 9.22. The third-order valence-electron chi connectivity index (χ3n) is 3.78. The fourth-order valence-corrected chi connectivity index (χ4v) is 3.17. The van der Waals surface area contributed by atoms with Crippen molar-refractivity contribution in [1.82, 2.24) is 14.9 Å². The van der Waals surface area contributed by atoms with Gasteiger partial charge in [-0.2, -0.15) is 13.2 Å². The lowest BCUT2D eigenvalue weighted by Gasteiger charge is -2.17. The number of aromatic nitrogens is 2. The number of halogens is 3. The molecular formula is C19H16F3N3O2S. The van der Waals surface area contributed by atoms with Gasteiger partial charge in [-0.25, -0.2) is 9.97 Å². The van der Waals surface area contributed by atoms with Gasteiger partial charge in [0.15, 0.2) is 10.9 Å². The Morgan fingerprint density at radius 3 is 2.54 bits per heavy atom. The number of benzene rings is 1. The Hall–Kier alpha value is -2.81. The Kier molecular flexibility index (Phi) is 6.03. The largest absolute Gasteiger partial charge is 0.463 e. The van der Waals surface area contributed by atoms with Crippen molar-refractivity contribution in [3.05, 3.63) is 66.1 Å². The van der Waals surface area contributed by atoms with Gasteiger partial charge in [0.25, 0.3) is 0 Å². The summed E-state index contributed by atoms with van der Waals surface area (Å²) in [4.78, 5) is 21.5. The maximum atomic E-state index is 13.2. The Labute approximate surface area is 163 Å². The molecule has 0 N–H and O–H groups in total. The van der Waals surface area contributed by atoms with Gasteiger partial charge in [-0.1, -0.05) is 42.1 Å². The predicted molar refractivity (Wildman–Crippen MR) is 98.4 cm³/mol. The predicted octanol–water partition coefficient (Wildman–Crippen LogP) is 4.51. The van der Waals surface area contributed by atoms with E-state index in [2.05, 4.69) is 9.97 Å². The van der Waals surface area contributed by atoms with Crippen LogP contribution in [0, 0.1) is 0 Å². The lowest BCUT2D eigenvalue weighted by molar-refractivity contribution is -0.141. The molecule has 0 fully saturated rings. The van der Waals surface area contributed by atoms with E-state index in [0.717, 1.165) is 23.4 Å². The molecule has 5 nitrogen and oxygen atoms in total. The molecule has 0 saturated carbocycles. The fraction of sp³-hybridized carbons (Fsp3) is 0.211. The normalized spacial score (nSPS) is 11.4. The molecule has 1 aromatic carbocycles. The Bertz CT molecular complexity index is 931. The van der Waals surface area contributed by atoms with Crippen molar-refractivity contribution in [2.45, 2.75) is 17.9 Å². The van der Waals surface area contributed by atoms with E-state index in [1.54, 1.807) is 13.1 Å². The van der Waals surface area contributed by atoms with Crippen LogP contribution in [0.25, 0.3) is 11.5 Å². The minimum atomic E-state index is -4.63. The SMILES string of the molecule is CN(Cc1ccccc1)C(=O)CSc1nc(-c2ccco2)cc(C(F)(F)F)n1. The van der Waals surface area contributed by atoms with Crippen LogP contribution in [-0.4, -0.2) is 33.6 Å². The Morgan fingerprint density at radius 1 is 1.14 bits per heavy atom. The molecule has 2 aromatic heterocycles. The number of nitrogens with zero attached hydrogens (tertiary/aromatic N) is 3. The summed E-state index contributed by atoms with van der Waals surface area (Å²) in [5.74, 6) is -0.126. The second-order valence-corrected chi connectivity index (χ2v) is 6.86. The zero-order valence-electron chi connectivity index (χ0n) is 14.8. The molecule has 146 valence electrons. The van der Waals surface area contributed by atoms with Gasteiger partial charge >= 0.3 is 6.18 Å². The van der Waals surface area contributed by atoms with E-state index in [4.69, 9.17) is 4.42 Å². The van der Waals surface area contributed by atoms with Crippen molar-refractivity contribution in [2.24, 2.45) is 0 Å². The first-order valence-electron chi connectivity index (χ1n) is 8.24. The number of alkyl halides is 3. The van der Waals surface area contributed by atoms with E-state index < -0.39 is 11.9 Å². The van der Waals surface area contributed by atoms with Crippen LogP contribution in [0.4, 0.5) is 13.2 Å². The fourth-order valence-electron chi connectivity index (χ4n) is 2.37. The molecule has 0 atom stereocenters. The number of thioether (sulfide) groups is 1. The molecule has 3 aromatic rings. The molecule has 0 spiro atoms. The lowest BCUT2D eigenvalue weighted by atomic mass is 10.2. The molecule has 1 amide bonds. The number of carbonyl (C=O) groups is 1. The van der Waals surface area contributed by atoms with Gasteiger partial charge in [-0.3, -0.25) is 4.79 Å². The number of hydrogen-bond donors (Lipinski definition) is 0. The first-order chi connectivity index (χ1) is 13.3. The maximum Gasteiger partial charge on any atom is 0.433 e. The highest BCUT2D eigenvalue weighted by atomic mass is 32.2. The summed E-state index contributed by atoms with van der Waals surface area (Å²) in [6.45, 7) is 0.404.